The summed E-state index contributed by atoms with van der Waals surface area (Å²) < 4.78 is 0. The van der Waals surface area contributed by atoms with Crippen LogP contribution in [-0.4, -0.2) is 49.7 Å². The molecule has 1 fully saturated rings. The molecule has 2 aromatic rings. The first kappa shape index (κ1) is 24.0. The van der Waals surface area contributed by atoms with Crippen LogP contribution in [0.15, 0.2) is 59.2 Å². The molecule has 0 unspecified atom stereocenters. The molecule has 1 saturated heterocycles. The standard InChI is InChI=1S/C26H32N6O/c1-18-5-7-21(8-6-18)29-19(2)24(17-28)26(33)30-22-9-10-25(20(15-22)16-27)32-13-11-23(12-14-32)31(3)4/h5-10,15,17,23H,11-14,28H2,1-4H3,(H,30,33). The largest absolute Gasteiger partial charge is 0.404 e. The number of nitrogens with zero attached hydrogens (tertiary/aromatic N) is 4. The molecule has 0 aromatic heterocycles. The summed E-state index contributed by atoms with van der Waals surface area (Å²) >= 11 is 0. The zero-order valence-electron chi connectivity index (χ0n) is 19.8. The summed E-state index contributed by atoms with van der Waals surface area (Å²) in [5.74, 6) is -0.366. The molecular formula is C26H32N6O. The van der Waals surface area contributed by atoms with Crippen LogP contribution < -0.4 is 16.0 Å². The second-order valence-corrected chi connectivity index (χ2v) is 8.59. The molecule has 1 aliphatic heterocycles. The van der Waals surface area contributed by atoms with Crippen LogP contribution >= 0.6 is 0 Å². The number of nitrogens with two attached hydrogens (primary N) is 1. The lowest BCUT2D eigenvalue weighted by molar-refractivity contribution is -0.112. The number of piperidine rings is 1. The van der Waals surface area contributed by atoms with E-state index in [1.165, 1.54) is 6.20 Å². The molecule has 0 radical (unpaired) electrons. The molecule has 7 nitrogen and oxygen atoms in total. The van der Waals surface area contributed by atoms with Gasteiger partial charge in [0.05, 0.1) is 28.2 Å². The van der Waals surface area contributed by atoms with Crippen LogP contribution in [0.25, 0.3) is 0 Å². The summed E-state index contributed by atoms with van der Waals surface area (Å²) in [4.78, 5) is 21.9. The number of carbonyl (C=O) groups is 1. The fourth-order valence-electron chi connectivity index (χ4n) is 4.03. The van der Waals surface area contributed by atoms with Gasteiger partial charge in [-0.05, 0) is 71.1 Å². The molecular weight excluding hydrogens is 412 g/mol. The first-order chi connectivity index (χ1) is 15.8. The van der Waals surface area contributed by atoms with Crippen LogP contribution in [0.1, 0.15) is 30.9 Å². The minimum absolute atomic E-state index is 0.281. The maximum Gasteiger partial charge on any atom is 0.258 e. The van der Waals surface area contributed by atoms with E-state index in [1.54, 1.807) is 13.0 Å². The number of benzene rings is 2. The Labute approximate surface area is 196 Å². The Morgan fingerprint density at radius 1 is 1.21 bits per heavy atom. The summed E-state index contributed by atoms with van der Waals surface area (Å²) in [6, 6.07) is 16.0. The van der Waals surface area contributed by atoms with Crippen LogP contribution in [0.3, 0.4) is 0 Å². The third-order valence-electron chi connectivity index (χ3n) is 6.04. The van der Waals surface area contributed by atoms with Gasteiger partial charge in [-0.3, -0.25) is 9.79 Å². The highest BCUT2D eigenvalue weighted by molar-refractivity contribution is 6.25. The third kappa shape index (κ3) is 5.99. The van der Waals surface area contributed by atoms with Gasteiger partial charge in [0.15, 0.2) is 0 Å². The highest BCUT2D eigenvalue weighted by Gasteiger charge is 2.22. The minimum Gasteiger partial charge on any atom is -0.404 e. The van der Waals surface area contributed by atoms with Crippen molar-refractivity contribution in [1.82, 2.24) is 4.90 Å². The van der Waals surface area contributed by atoms with E-state index in [-0.39, 0.29) is 11.5 Å². The van der Waals surface area contributed by atoms with Crippen molar-refractivity contribution in [3.8, 4) is 6.07 Å². The normalized spacial score (nSPS) is 15.5. The van der Waals surface area contributed by atoms with Gasteiger partial charge < -0.3 is 20.9 Å². The van der Waals surface area contributed by atoms with E-state index in [0.717, 1.165) is 42.9 Å². The van der Waals surface area contributed by atoms with E-state index >= 15 is 0 Å². The van der Waals surface area contributed by atoms with Gasteiger partial charge in [-0.1, -0.05) is 17.7 Å². The molecule has 2 aromatic carbocycles. The van der Waals surface area contributed by atoms with Crippen molar-refractivity contribution in [1.29, 1.82) is 5.26 Å². The second kappa shape index (κ2) is 10.8. The van der Waals surface area contributed by atoms with E-state index < -0.39 is 0 Å². The van der Waals surface area contributed by atoms with Gasteiger partial charge >= 0.3 is 0 Å². The first-order valence-corrected chi connectivity index (χ1v) is 11.1. The third-order valence-corrected chi connectivity index (χ3v) is 6.04. The molecule has 3 rings (SSSR count). The molecule has 3 N–H and O–H groups in total. The van der Waals surface area contributed by atoms with Crippen LogP contribution in [0.2, 0.25) is 0 Å². The Morgan fingerprint density at radius 3 is 2.45 bits per heavy atom. The lowest BCUT2D eigenvalue weighted by Gasteiger charge is -2.36. The molecule has 0 spiro atoms. The van der Waals surface area contributed by atoms with E-state index in [2.05, 4.69) is 40.3 Å². The minimum atomic E-state index is -0.366. The van der Waals surface area contributed by atoms with Crippen molar-refractivity contribution in [3.05, 3.63) is 65.4 Å². The number of amides is 1. The molecule has 0 saturated carbocycles. The molecule has 1 amide bonds. The van der Waals surface area contributed by atoms with E-state index in [9.17, 15) is 10.1 Å². The molecule has 172 valence electrons. The molecule has 0 bridgehead atoms. The number of aryl methyl sites for hydroxylation is 1. The number of hydrogen-bond donors (Lipinski definition) is 2. The van der Waals surface area contributed by atoms with Crippen LogP contribution in [0, 0.1) is 18.3 Å². The molecule has 0 atom stereocenters. The van der Waals surface area contributed by atoms with Gasteiger partial charge in [0.25, 0.3) is 5.91 Å². The van der Waals surface area contributed by atoms with Gasteiger partial charge in [-0.25, -0.2) is 0 Å². The van der Waals surface area contributed by atoms with Crippen molar-refractivity contribution in [2.75, 3.05) is 37.4 Å². The van der Waals surface area contributed by atoms with Gasteiger partial charge in [0, 0.05) is 31.0 Å². The fraction of sp³-hybridized carbons (Fsp3) is 0.346. The Balaban J connectivity index is 1.72. The fourth-order valence-corrected chi connectivity index (χ4v) is 4.03. The quantitative estimate of drug-likeness (QED) is 0.519. The molecule has 33 heavy (non-hydrogen) atoms. The highest BCUT2D eigenvalue weighted by atomic mass is 16.1. The predicted octanol–water partition coefficient (Wildman–Crippen LogP) is 3.97. The zero-order valence-corrected chi connectivity index (χ0v) is 19.8. The SMILES string of the molecule is CC(=Nc1ccc(C)cc1)C(=CN)C(=O)Nc1ccc(N2CCC(N(C)C)CC2)c(C#N)c1. The number of aliphatic imine (C=N–C) groups is 1. The summed E-state index contributed by atoms with van der Waals surface area (Å²) in [5, 5.41) is 12.6. The first-order valence-electron chi connectivity index (χ1n) is 11.1. The second-order valence-electron chi connectivity index (χ2n) is 8.59. The Morgan fingerprint density at radius 2 is 1.88 bits per heavy atom. The lowest BCUT2D eigenvalue weighted by Crippen LogP contribution is -2.42. The van der Waals surface area contributed by atoms with Crippen LogP contribution in [0.4, 0.5) is 17.1 Å². The topological polar surface area (TPSA) is 97.7 Å². The monoisotopic (exact) mass is 444 g/mol. The Bertz CT molecular complexity index is 1090. The van der Waals surface area contributed by atoms with Gasteiger partial charge in [0.1, 0.15) is 6.07 Å². The number of rotatable bonds is 6. The molecule has 1 heterocycles. The van der Waals surface area contributed by atoms with E-state index in [1.807, 2.05) is 43.3 Å². The summed E-state index contributed by atoms with van der Waals surface area (Å²) in [6.07, 6.45) is 3.37. The number of anilines is 2. The van der Waals surface area contributed by atoms with E-state index in [4.69, 9.17) is 5.73 Å². The number of carbonyl (C=O) groups excluding carboxylic acids is 1. The summed E-state index contributed by atoms with van der Waals surface area (Å²) in [5.41, 5.74) is 10.4. The number of nitriles is 1. The number of hydrogen-bond acceptors (Lipinski definition) is 6. The average Bonchev–Trinajstić information content (AvgIpc) is 2.81. The maximum atomic E-state index is 12.9. The Hall–Kier alpha value is -3.63. The Kier molecular flexibility index (Phi) is 7.86. The summed E-state index contributed by atoms with van der Waals surface area (Å²) in [6.45, 7) is 5.56. The highest BCUT2D eigenvalue weighted by Crippen LogP contribution is 2.28. The van der Waals surface area contributed by atoms with Crippen molar-refractivity contribution in [2.24, 2.45) is 10.7 Å². The lowest BCUT2D eigenvalue weighted by atomic mass is 10.0. The van der Waals surface area contributed by atoms with Crippen molar-refractivity contribution < 1.29 is 4.79 Å². The summed E-state index contributed by atoms with van der Waals surface area (Å²) in [7, 11) is 4.21. The number of nitrogens with one attached hydrogen (secondary N) is 1. The van der Waals surface area contributed by atoms with Gasteiger partial charge in [-0.15, -0.1) is 0 Å². The van der Waals surface area contributed by atoms with Crippen molar-refractivity contribution in [3.63, 3.8) is 0 Å². The maximum absolute atomic E-state index is 12.9. The predicted molar refractivity (Wildman–Crippen MR) is 135 cm³/mol. The van der Waals surface area contributed by atoms with Gasteiger partial charge in [0.2, 0.25) is 0 Å². The van der Waals surface area contributed by atoms with E-state index in [0.29, 0.717) is 23.0 Å². The molecule has 0 aliphatic carbocycles. The van der Waals surface area contributed by atoms with Gasteiger partial charge in [-0.2, -0.15) is 5.26 Å². The molecule has 1 aliphatic rings. The zero-order chi connectivity index (χ0) is 24.0. The smallest absolute Gasteiger partial charge is 0.258 e. The average molecular weight is 445 g/mol. The van der Waals surface area contributed by atoms with Crippen LogP contribution in [0.5, 0.6) is 0 Å². The van der Waals surface area contributed by atoms with Crippen LogP contribution in [-0.2, 0) is 4.79 Å². The molecule has 7 heteroatoms. The van der Waals surface area contributed by atoms with Crippen molar-refractivity contribution in [2.45, 2.75) is 32.7 Å². The van der Waals surface area contributed by atoms with Crippen molar-refractivity contribution >= 4 is 28.7 Å².